The summed E-state index contributed by atoms with van der Waals surface area (Å²) in [5, 5.41) is 1.38. The lowest BCUT2D eigenvalue weighted by Gasteiger charge is -2.06. The first-order valence-corrected chi connectivity index (χ1v) is 6.97. The van der Waals surface area contributed by atoms with Gasteiger partial charge in [0.15, 0.2) is 0 Å². The van der Waals surface area contributed by atoms with Crippen molar-refractivity contribution in [1.82, 2.24) is 4.98 Å². The van der Waals surface area contributed by atoms with Gasteiger partial charge in [0.1, 0.15) is 0 Å². The molecule has 1 heterocycles. The van der Waals surface area contributed by atoms with Gasteiger partial charge in [-0.1, -0.05) is 65.7 Å². The second-order valence-corrected chi connectivity index (χ2v) is 5.30. The number of rotatable bonds is 2. The van der Waals surface area contributed by atoms with Gasteiger partial charge in [-0.25, -0.2) is 4.98 Å². The van der Waals surface area contributed by atoms with Crippen molar-refractivity contribution in [1.29, 1.82) is 0 Å². The van der Waals surface area contributed by atoms with Crippen molar-refractivity contribution in [2.24, 2.45) is 0 Å². The molecular weight excluding hydrogens is 289 g/mol. The molecule has 0 aliphatic carbocycles. The zero-order valence-electron chi connectivity index (χ0n) is 10.6. The van der Waals surface area contributed by atoms with E-state index in [9.17, 15) is 0 Å². The summed E-state index contributed by atoms with van der Waals surface area (Å²) in [6.45, 7) is 0. The normalized spacial score (nSPS) is 10.5. The predicted octanol–water partition coefficient (Wildman–Crippen LogP) is 5.72. The van der Waals surface area contributed by atoms with Crippen LogP contribution >= 0.6 is 23.2 Å². The van der Waals surface area contributed by atoms with Gasteiger partial charge >= 0.3 is 0 Å². The summed E-state index contributed by atoms with van der Waals surface area (Å²) in [7, 11) is 0. The summed E-state index contributed by atoms with van der Waals surface area (Å²) in [6.07, 6.45) is 0. The van der Waals surface area contributed by atoms with Crippen molar-refractivity contribution in [2.45, 2.75) is 0 Å². The van der Waals surface area contributed by atoms with E-state index in [0.29, 0.717) is 10.0 Å². The molecule has 1 aromatic heterocycles. The lowest BCUT2D eigenvalue weighted by molar-refractivity contribution is 1.32. The molecule has 0 saturated heterocycles. The molecule has 0 amide bonds. The van der Waals surface area contributed by atoms with Crippen LogP contribution in [0.4, 0.5) is 0 Å². The Hall–Kier alpha value is -1.83. The quantitative estimate of drug-likeness (QED) is 0.589. The molecule has 0 fully saturated rings. The smallest absolute Gasteiger partial charge is 0.0724 e. The molecule has 1 nitrogen and oxygen atoms in total. The fourth-order valence-electron chi connectivity index (χ4n) is 2.02. The van der Waals surface area contributed by atoms with Crippen LogP contribution in [-0.2, 0) is 0 Å². The summed E-state index contributed by atoms with van der Waals surface area (Å²) < 4.78 is 0. The van der Waals surface area contributed by atoms with Gasteiger partial charge < -0.3 is 0 Å². The topological polar surface area (TPSA) is 12.9 Å². The number of nitrogens with zero attached hydrogens (tertiary/aromatic N) is 1. The first kappa shape index (κ1) is 13.2. The predicted molar refractivity (Wildman–Crippen MR) is 85.1 cm³/mol. The molecule has 0 bridgehead atoms. The molecule has 0 saturated carbocycles. The third kappa shape index (κ3) is 2.84. The molecule has 0 radical (unpaired) electrons. The molecule has 2 aromatic carbocycles. The Morgan fingerprint density at radius 1 is 0.600 bits per heavy atom. The summed E-state index contributed by atoms with van der Waals surface area (Å²) in [5.74, 6) is 0. The van der Waals surface area contributed by atoms with Gasteiger partial charge in [0, 0.05) is 21.2 Å². The average molecular weight is 300 g/mol. The van der Waals surface area contributed by atoms with E-state index in [2.05, 4.69) is 4.98 Å². The van der Waals surface area contributed by atoms with E-state index in [-0.39, 0.29) is 0 Å². The molecule has 0 spiro atoms. The number of hydrogen-bond acceptors (Lipinski definition) is 1. The number of pyridine rings is 1. The fourth-order valence-corrected chi connectivity index (χ4v) is 2.36. The first-order valence-electron chi connectivity index (χ1n) is 6.21. The molecule has 20 heavy (non-hydrogen) atoms. The lowest BCUT2D eigenvalue weighted by atomic mass is 10.1. The van der Waals surface area contributed by atoms with Crippen LogP contribution in [0, 0.1) is 0 Å². The summed E-state index contributed by atoms with van der Waals surface area (Å²) in [6, 6.07) is 21.3. The number of hydrogen-bond donors (Lipinski definition) is 0. The Balaban J connectivity index is 2.09. The van der Waals surface area contributed by atoms with Crippen molar-refractivity contribution in [3.63, 3.8) is 0 Å². The Kier molecular flexibility index (Phi) is 3.72. The molecule has 98 valence electrons. The Labute approximate surface area is 127 Å². The summed E-state index contributed by atoms with van der Waals surface area (Å²) >= 11 is 12.1. The van der Waals surface area contributed by atoms with Crippen LogP contribution in [0.1, 0.15) is 0 Å². The molecule has 3 rings (SSSR count). The van der Waals surface area contributed by atoms with Gasteiger partial charge in [0.2, 0.25) is 0 Å². The highest BCUT2D eigenvalue weighted by Gasteiger charge is 2.06. The highest BCUT2D eigenvalue weighted by molar-refractivity contribution is 6.31. The van der Waals surface area contributed by atoms with Crippen LogP contribution < -0.4 is 0 Å². The summed E-state index contributed by atoms with van der Waals surface area (Å²) in [5.41, 5.74) is 3.75. The van der Waals surface area contributed by atoms with E-state index in [1.54, 1.807) is 0 Å². The zero-order chi connectivity index (χ0) is 13.9. The maximum absolute atomic E-state index is 6.21. The molecule has 0 N–H and O–H groups in total. The maximum Gasteiger partial charge on any atom is 0.0724 e. The van der Waals surface area contributed by atoms with Crippen LogP contribution in [0.15, 0.2) is 66.7 Å². The molecule has 3 heteroatoms. The van der Waals surface area contributed by atoms with E-state index in [0.717, 1.165) is 22.5 Å². The molecule has 0 unspecified atom stereocenters. The number of halogens is 2. The lowest BCUT2D eigenvalue weighted by Crippen LogP contribution is -1.88. The second-order valence-electron chi connectivity index (χ2n) is 4.43. The second kappa shape index (κ2) is 5.66. The van der Waals surface area contributed by atoms with Gasteiger partial charge in [-0.15, -0.1) is 0 Å². The largest absolute Gasteiger partial charge is 0.248 e. The molecule has 3 aromatic rings. The van der Waals surface area contributed by atoms with E-state index in [1.807, 2.05) is 66.7 Å². The SMILES string of the molecule is Clc1ccc(-c2cc(Cl)cc(-c3ccccc3)n2)cc1. The van der Waals surface area contributed by atoms with Gasteiger partial charge in [0.25, 0.3) is 0 Å². The number of aromatic nitrogens is 1. The van der Waals surface area contributed by atoms with Crippen molar-refractivity contribution >= 4 is 23.2 Å². The Morgan fingerprint density at radius 3 is 1.75 bits per heavy atom. The van der Waals surface area contributed by atoms with Gasteiger partial charge in [-0.3, -0.25) is 0 Å². The van der Waals surface area contributed by atoms with Crippen LogP contribution in [0.3, 0.4) is 0 Å². The minimum absolute atomic E-state index is 0.670. The average Bonchev–Trinajstić information content (AvgIpc) is 2.48. The monoisotopic (exact) mass is 299 g/mol. The minimum Gasteiger partial charge on any atom is -0.248 e. The van der Waals surface area contributed by atoms with E-state index in [1.165, 1.54) is 0 Å². The third-order valence-corrected chi connectivity index (χ3v) is 3.47. The molecule has 0 aliphatic rings. The van der Waals surface area contributed by atoms with Crippen molar-refractivity contribution in [3.8, 4) is 22.5 Å². The van der Waals surface area contributed by atoms with Crippen molar-refractivity contribution in [2.75, 3.05) is 0 Å². The van der Waals surface area contributed by atoms with Gasteiger partial charge in [-0.2, -0.15) is 0 Å². The highest BCUT2D eigenvalue weighted by Crippen LogP contribution is 2.27. The Bertz CT molecular complexity index is 722. The Morgan fingerprint density at radius 2 is 1.15 bits per heavy atom. The minimum atomic E-state index is 0.670. The molecule has 0 atom stereocenters. The van der Waals surface area contributed by atoms with Gasteiger partial charge in [-0.05, 0) is 24.3 Å². The third-order valence-electron chi connectivity index (χ3n) is 3.00. The van der Waals surface area contributed by atoms with Crippen LogP contribution in [0.2, 0.25) is 10.0 Å². The highest BCUT2D eigenvalue weighted by atomic mass is 35.5. The van der Waals surface area contributed by atoms with Crippen molar-refractivity contribution in [3.05, 3.63) is 76.8 Å². The van der Waals surface area contributed by atoms with E-state index >= 15 is 0 Å². The fraction of sp³-hybridized carbons (Fsp3) is 0. The molecule has 0 aliphatic heterocycles. The van der Waals surface area contributed by atoms with E-state index < -0.39 is 0 Å². The van der Waals surface area contributed by atoms with Crippen LogP contribution in [0.25, 0.3) is 22.5 Å². The van der Waals surface area contributed by atoms with Gasteiger partial charge in [0.05, 0.1) is 11.4 Å². The zero-order valence-corrected chi connectivity index (χ0v) is 12.1. The van der Waals surface area contributed by atoms with Crippen LogP contribution in [-0.4, -0.2) is 4.98 Å². The van der Waals surface area contributed by atoms with Crippen molar-refractivity contribution < 1.29 is 0 Å². The number of benzene rings is 2. The van der Waals surface area contributed by atoms with Crippen LogP contribution in [0.5, 0.6) is 0 Å². The molecular formula is C17H11Cl2N. The summed E-state index contributed by atoms with van der Waals surface area (Å²) in [4.78, 5) is 4.68. The maximum atomic E-state index is 6.21. The van der Waals surface area contributed by atoms with E-state index in [4.69, 9.17) is 23.2 Å². The first-order chi connectivity index (χ1) is 9.72. The standard InChI is InChI=1S/C17H11Cl2N/c18-14-8-6-13(7-9-14)17-11-15(19)10-16(20-17)12-4-2-1-3-5-12/h1-11H.